The van der Waals surface area contributed by atoms with E-state index >= 15 is 0 Å². The van der Waals surface area contributed by atoms with Gasteiger partial charge in [0.1, 0.15) is 5.71 Å². The molecule has 1 aliphatic rings. The third-order valence-electron chi connectivity index (χ3n) is 4.43. The van der Waals surface area contributed by atoms with Crippen LogP contribution in [-0.2, 0) is 9.63 Å². The van der Waals surface area contributed by atoms with E-state index in [0.29, 0.717) is 12.1 Å². The first-order chi connectivity index (χ1) is 14.9. The summed E-state index contributed by atoms with van der Waals surface area (Å²) < 4.78 is 0. The molecule has 32 heavy (non-hydrogen) atoms. The molecule has 0 unspecified atom stereocenters. The van der Waals surface area contributed by atoms with Gasteiger partial charge in [0, 0.05) is 23.3 Å². The number of rotatable bonds is 7. The SMILES string of the molecule is C[C@@H](ON=C1c2cc([N+](=O)[O-])cc([N+](=O)[O-])c2-c2c1cc([N+](=O)[O-])cc2[N+](=O)[O-])C(=O)O. The van der Waals surface area contributed by atoms with Gasteiger partial charge in [0.25, 0.3) is 22.7 Å². The van der Waals surface area contributed by atoms with Crippen molar-refractivity contribution in [2.75, 3.05) is 0 Å². The van der Waals surface area contributed by atoms with Gasteiger partial charge in [0.15, 0.2) is 0 Å². The van der Waals surface area contributed by atoms with E-state index in [9.17, 15) is 45.3 Å². The van der Waals surface area contributed by atoms with E-state index < -0.39 is 71.4 Å². The van der Waals surface area contributed by atoms with Crippen LogP contribution in [0.2, 0.25) is 0 Å². The molecule has 0 saturated heterocycles. The maximum Gasteiger partial charge on any atom is 0.347 e. The van der Waals surface area contributed by atoms with E-state index in [4.69, 9.17) is 9.94 Å². The average molecular weight is 447 g/mol. The molecular weight excluding hydrogens is 438 g/mol. The summed E-state index contributed by atoms with van der Waals surface area (Å²) in [6.45, 7) is 1.08. The van der Waals surface area contributed by atoms with Crippen molar-refractivity contribution in [1.29, 1.82) is 0 Å². The maximum absolute atomic E-state index is 11.6. The highest BCUT2D eigenvalue weighted by Gasteiger charge is 2.41. The van der Waals surface area contributed by atoms with Crippen molar-refractivity contribution in [3.05, 3.63) is 75.8 Å². The van der Waals surface area contributed by atoms with Gasteiger partial charge in [-0.25, -0.2) is 4.79 Å². The van der Waals surface area contributed by atoms with E-state index in [1.54, 1.807) is 0 Å². The molecule has 16 heteroatoms. The van der Waals surface area contributed by atoms with Crippen molar-refractivity contribution in [3.63, 3.8) is 0 Å². The molecule has 0 aromatic heterocycles. The number of aliphatic carboxylic acids is 1. The highest BCUT2D eigenvalue weighted by Crippen LogP contribution is 2.50. The van der Waals surface area contributed by atoms with Gasteiger partial charge in [-0.1, -0.05) is 5.16 Å². The standard InChI is InChI=1S/C16H9N5O11/c1-6(16(22)23)32-17-15-9-2-7(18(24)25)4-11(20(28)29)13(9)14-10(15)3-8(19(26)27)5-12(14)21(30)31/h2-6H,1H3,(H,22,23)/t6-/m1/s1. The molecule has 1 atom stereocenters. The zero-order chi connectivity index (χ0) is 23.9. The summed E-state index contributed by atoms with van der Waals surface area (Å²) in [7, 11) is 0. The van der Waals surface area contributed by atoms with Crippen LogP contribution in [0.3, 0.4) is 0 Å². The normalized spacial score (nSPS) is 12.3. The first-order valence-corrected chi connectivity index (χ1v) is 8.35. The topological polar surface area (TPSA) is 231 Å². The fourth-order valence-corrected chi connectivity index (χ4v) is 3.04. The number of carbonyl (C=O) groups is 1. The molecule has 16 nitrogen and oxygen atoms in total. The molecule has 164 valence electrons. The Labute approximate surface area is 174 Å². The number of carboxylic acid groups (broad SMARTS) is 1. The van der Waals surface area contributed by atoms with Crippen LogP contribution >= 0.6 is 0 Å². The number of hydrogen-bond acceptors (Lipinski definition) is 11. The van der Waals surface area contributed by atoms with Crippen molar-refractivity contribution < 1.29 is 34.4 Å². The number of carboxylic acids is 1. The molecule has 2 aromatic rings. The quantitative estimate of drug-likeness (QED) is 0.408. The summed E-state index contributed by atoms with van der Waals surface area (Å²) in [5, 5.41) is 58.3. The van der Waals surface area contributed by atoms with Crippen LogP contribution in [0.1, 0.15) is 18.1 Å². The number of fused-ring (bicyclic) bond motifs is 3. The minimum atomic E-state index is -1.54. The van der Waals surface area contributed by atoms with E-state index in [1.165, 1.54) is 0 Å². The van der Waals surface area contributed by atoms with Crippen molar-refractivity contribution in [2.45, 2.75) is 13.0 Å². The molecule has 3 rings (SSSR count). The van der Waals surface area contributed by atoms with Gasteiger partial charge < -0.3 is 9.94 Å². The van der Waals surface area contributed by atoms with Crippen LogP contribution in [0.25, 0.3) is 11.1 Å². The summed E-state index contributed by atoms with van der Waals surface area (Å²) in [6.07, 6.45) is -1.54. The minimum Gasteiger partial charge on any atom is -0.478 e. The lowest BCUT2D eigenvalue weighted by atomic mass is 10.0. The number of non-ortho nitro benzene ring substituents is 2. The number of nitrogens with zero attached hydrogens (tertiary/aromatic N) is 5. The van der Waals surface area contributed by atoms with Crippen LogP contribution < -0.4 is 0 Å². The van der Waals surface area contributed by atoms with Crippen molar-refractivity contribution in [1.82, 2.24) is 0 Å². The Morgan fingerprint density at radius 1 is 0.844 bits per heavy atom. The van der Waals surface area contributed by atoms with E-state index in [-0.39, 0.29) is 11.1 Å². The van der Waals surface area contributed by atoms with Gasteiger partial charge in [-0.05, 0) is 6.92 Å². The fourth-order valence-electron chi connectivity index (χ4n) is 3.04. The minimum absolute atomic E-state index is 0.359. The van der Waals surface area contributed by atoms with E-state index in [2.05, 4.69) is 5.16 Å². The first-order valence-electron chi connectivity index (χ1n) is 8.35. The van der Waals surface area contributed by atoms with Crippen molar-refractivity contribution >= 4 is 34.4 Å². The third-order valence-corrected chi connectivity index (χ3v) is 4.43. The molecule has 0 bridgehead atoms. The predicted octanol–water partition coefficient (Wildman–Crippen LogP) is 2.54. The smallest absolute Gasteiger partial charge is 0.347 e. The molecular formula is C16H9N5O11. The Balaban J connectivity index is 2.47. The van der Waals surface area contributed by atoms with Gasteiger partial charge in [0.05, 0.1) is 43.0 Å². The number of nitro benzene ring substituents is 4. The van der Waals surface area contributed by atoms with Gasteiger partial charge in [0.2, 0.25) is 6.10 Å². The van der Waals surface area contributed by atoms with Crippen LogP contribution in [0, 0.1) is 40.5 Å². The molecule has 0 heterocycles. The van der Waals surface area contributed by atoms with E-state index in [1.807, 2.05) is 0 Å². The van der Waals surface area contributed by atoms with Gasteiger partial charge >= 0.3 is 5.97 Å². The molecule has 0 amide bonds. The molecule has 0 saturated carbocycles. The van der Waals surface area contributed by atoms with Crippen molar-refractivity contribution in [3.8, 4) is 11.1 Å². The molecule has 0 fully saturated rings. The van der Waals surface area contributed by atoms with Crippen LogP contribution in [0.4, 0.5) is 22.7 Å². The summed E-state index contributed by atoms with van der Waals surface area (Å²) in [5.74, 6) is -1.46. The van der Waals surface area contributed by atoms with Crippen LogP contribution in [-0.4, -0.2) is 42.6 Å². The maximum atomic E-state index is 11.6. The number of benzene rings is 2. The summed E-state index contributed by atoms with van der Waals surface area (Å²) in [4.78, 5) is 57.7. The first kappa shape index (κ1) is 21.7. The second-order valence-corrected chi connectivity index (χ2v) is 6.33. The lowest BCUT2D eigenvalue weighted by molar-refractivity contribution is -0.395. The Kier molecular flexibility index (Phi) is 5.20. The highest BCUT2D eigenvalue weighted by atomic mass is 16.7. The second kappa shape index (κ2) is 7.67. The predicted molar refractivity (Wildman–Crippen MR) is 102 cm³/mol. The van der Waals surface area contributed by atoms with Crippen molar-refractivity contribution in [2.24, 2.45) is 5.16 Å². The second-order valence-electron chi connectivity index (χ2n) is 6.33. The molecule has 1 N–H and O–H groups in total. The highest BCUT2D eigenvalue weighted by molar-refractivity contribution is 6.27. The Hall–Kier alpha value is -5.02. The van der Waals surface area contributed by atoms with Gasteiger partial charge in [-0.3, -0.25) is 40.5 Å². The molecule has 2 aromatic carbocycles. The summed E-state index contributed by atoms with van der Waals surface area (Å²) in [5.41, 5.74) is -5.37. The average Bonchev–Trinajstić information content (AvgIpc) is 3.03. The zero-order valence-corrected chi connectivity index (χ0v) is 15.7. The molecule has 0 spiro atoms. The monoisotopic (exact) mass is 447 g/mol. The summed E-state index contributed by atoms with van der Waals surface area (Å²) in [6, 6.07) is 2.81. The number of nitro groups is 4. The van der Waals surface area contributed by atoms with E-state index in [0.717, 1.165) is 19.1 Å². The molecule has 0 aliphatic heterocycles. The zero-order valence-electron chi connectivity index (χ0n) is 15.7. The van der Waals surface area contributed by atoms with Crippen LogP contribution in [0.15, 0.2) is 29.4 Å². The Morgan fingerprint density at radius 3 is 1.56 bits per heavy atom. The lowest BCUT2D eigenvalue weighted by Gasteiger charge is -2.06. The Bertz CT molecular complexity index is 1190. The van der Waals surface area contributed by atoms with Gasteiger partial charge in [-0.15, -0.1) is 0 Å². The Morgan fingerprint density at radius 2 is 1.25 bits per heavy atom. The summed E-state index contributed by atoms with van der Waals surface area (Å²) >= 11 is 0. The lowest BCUT2D eigenvalue weighted by Crippen LogP contribution is -2.18. The third kappa shape index (κ3) is 3.51. The molecule has 0 radical (unpaired) electrons. The molecule has 1 aliphatic carbocycles. The largest absolute Gasteiger partial charge is 0.478 e. The fraction of sp³-hybridized carbons (Fsp3) is 0.125. The van der Waals surface area contributed by atoms with Gasteiger partial charge in [-0.2, -0.15) is 0 Å². The number of oxime groups is 1. The van der Waals surface area contributed by atoms with Crippen LogP contribution in [0.5, 0.6) is 0 Å². The number of hydrogen-bond donors (Lipinski definition) is 1.